The molecular weight excluding hydrogens is 390 g/mol. The zero-order chi connectivity index (χ0) is 22.2. The van der Waals surface area contributed by atoms with E-state index in [1.54, 1.807) is 43.5 Å². The summed E-state index contributed by atoms with van der Waals surface area (Å²) >= 11 is 0. The Morgan fingerprint density at radius 3 is 2.23 bits per heavy atom. The fourth-order valence-electron chi connectivity index (χ4n) is 3.10. The molecule has 0 bridgehead atoms. The molecule has 1 atom stereocenters. The summed E-state index contributed by atoms with van der Waals surface area (Å²) < 4.78 is 5.26. The Bertz CT molecular complexity index is 1020. The lowest BCUT2D eigenvalue weighted by atomic mass is 10.1. The highest BCUT2D eigenvalue weighted by atomic mass is 16.5. The van der Waals surface area contributed by atoms with E-state index in [4.69, 9.17) is 4.74 Å². The van der Waals surface area contributed by atoms with Gasteiger partial charge in [-0.3, -0.25) is 14.5 Å². The molecule has 0 fully saturated rings. The predicted molar refractivity (Wildman–Crippen MR) is 123 cm³/mol. The largest absolute Gasteiger partial charge is 0.495 e. The highest BCUT2D eigenvalue weighted by Crippen LogP contribution is 2.24. The summed E-state index contributed by atoms with van der Waals surface area (Å²) in [7, 11) is 3.48. The highest BCUT2D eigenvalue weighted by Gasteiger charge is 2.18. The van der Waals surface area contributed by atoms with E-state index in [2.05, 4.69) is 10.6 Å². The molecule has 0 unspecified atom stereocenters. The Kier molecular flexibility index (Phi) is 7.40. The van der Waals surface area contributed by atoms with Crippen molar-refractivity contribution >= 4 is 23.2 Å². The second-order valence-electron chi connectivity index (χ2n) is 7.30. The third-order valence-electron chi connectivity index (χ3n) is 5.09. The van der Waals surface area contributed by atoms with Gasteiger partial charge in [-0.2, -0.15) is 0 Å². The quantitative estimate of drug-likeness (QED) is 0.570. The van der Waals surface area contributed by atoms with E-state index < -0.39 is 0 Å². The third-order valence-corrected chi connectivity index (χ3v) is 5.09. The van der Waals surface area contributed by atoms with Crippen molar-refractivity contribution in [1.29, 1.82) is 0 Å². The second-order valence-corrected chi connectivity index (χ2v) is 7.30. The molecule has 0 heterocycles. The van der Waals surface area contributed by atoms with Crippen LogP contribution in [0.3, 0.4) is 0 Å². The first-order chi connectivity index (χ1) is 15.0. The smallest absolute Gasteiger partial charge is 0.255 e. The second kappa shape index (κ2) is 10.4. The van der Waals surface area contributed by atoms with Gasteiger partial charge < -0.3 is 15.4 Å². The average Bonchev–Trinajstić information content (AvgIpc) is 2.80. The number of nitrogens with one attached hydrogen (secondary N) is 2. The van der Waals surface area contributed by atoms with Gasteiger partial charge in [0, 0.05) is 17.8 Å². The summed E-state index contributed by atoms with van der Waals surface area (Å²) in [6.45, 7) is 2.55. The summed E-state index contributed by atoms with van der Waals surface area (Å²) in [5.74, 6) is 0.233. The number of benzene rings is 3. The van der Waals surface area contributed by atoms with Crippen molar-refractivity contribution in [3.05, 3.63) is 90.0 Å². The van der Waals surface area contributed by atoms with E-state index >= 15 is 0 Å². The molecular formula is C25H27N3O3. The van der Waals surface area contributed by atoms with Crippen LogP contribution in [0.5, 0.6) is 5.75 Å². The van der Waals surface area contributed by atoms with Gasteiger partial charge >= 0.3 is 0 Å². The number of para-hydroxylation sites is 2. The Hall–Kier alpha value is -3.64. The monoisotopic (exact) mass is 417 g/mol. The zero-order valence-corrected chi connectivity index (χ0v) is 18.0. The minimum Gasteiger partial charge on any atom is -0.495 e. The summed E-state index contributed by atoms with van der Waals surface area (Å²) in [5, 5.41) is 5.75. The van der Waals surface area contributed by atoms with Crippen molar-refractivity contribution in [1.82, 2.24) is 4.90 Å². The van der Waals surface area contributed by atoms with Gasteiger partial charge in [0.2, 0.25) is 5.91 Å². The number of nitrogens with zero attached hydrogens (tertiary/aromatic N) is 1. The molecule has 0 radical (unpaired) electrons. The minimum absolute atomic E-state index is 0.107. The molecule has 0 aliphatic rings. The molecule has 160 valence electrons. The Morgan fingerprint density at radius 2 is 1.55 bits per heavy atom. The van der Waals surface area contributed by atoms with Crippen LogP contribution >= 0.6 is 0 Å². The Balaban J connectivity index is 1.58. The maximum absolute atomic E-state index is 12.6. The molecule has 0 spiro atoms. The van der Waals surface area contributed by atoms with E-state index in [0.29, 0.717) is 29.2 Å². The zero-order valence-electron chi connectivity index (χ0n) is 18.0. The number of hydrogen-bond donors (Lipinski definition) is 2. The lowest BCUT2D eigenvalue weighted by Gasteiger charge is -2.24. The van der Waals surface area contributed by atoms with Crippen LogP contribution in [-0.2, 0) is 11.3 Å². The van der Waals surface area contributed by atoms with Gasteiger partial charge in [0.15, 0.2) is 0 Å². The maximum Gasteiger partial charge on any atom is 0.255 e. The number of carbonyl (C=O) groups excluding carboxylic acids is 2. The number of anilines is 2. The van der Waals surface area contributed by atoms with Crippen LogP contribution in [-0.4, -0.2) is 36.9 Å². The molecule has 0 saturated carbocycles. The molecule has 0 aliphatic heterocycles. The minimum atomic E-state index is -0.311. The molecule has 2 N–H and O–H groups in total. The van der Waals surface area contributed by atoms with Crippen molar-refractivity contribution in [3.63, 3.8) is 0 Å². The van der Waals surface area contributed by atoms with Crippen molar-refractivity contribution in [2.75, 3.05) is 24.8 Å². The third kappa shape index (κ3) is 5.93. The van der Waals surface area contributed by atoms with Crippen LogP contribution in [0.25, 0.3) is 0 Å². The maximum atomic E-state index is 12.6. The molecule has 3 aromatic carbocycles. The number of methoxy groups -OCH3 is 1. The molecule has 3 aromatic rings. The number of hydrogen-bond acceptors (Lipinski definition) is 4. The summed E-state index contributed by atoms with van der Waals surface area (Å²) in [4.78, 5) is 27.1. The fourth-order valence-corrected chi connectivity index (χ4v) is 3.10. The van der Waals surface area contributed by atoms with Crippen LogP contribution in [0.4, 0.5) is 11.4 Å². The van der Waals surface area contributed by atoms with Crippen molar-refractivity contribution < 1.29 is 14.3 Å². The van der Waals surface area contributed by atoms with E-state index in [1.807, 2.05) is 61.3 Å². The van der Waals surface area contributed by atoms with Gasteiger partial charge in [-0.15, -0.1) is 0 Å². The fraction of sp³-hybridized carbons (Fsp3) is 0.200. The number of carbonyl (C=O) groups is 2. The standard InChI is InChI=1S/C25H27N3O3/c1-18(28(2)17-19-9-5-4-6-10-19)24(29)26-21-15-13-20(14-16-21)25(30)27-22-11-7-8-12-23(22)31-3/h4-16,18H,17H2,1-3H3,(H,26,29)(H,27,30)/t18-/m1/s1. The van der Waals surface area contributed by atoms with Gasteiger partial charge in [0.05, 0.1) is 18.8 Å². The SMILES string of the molecule is COc1ccccc1NC(=O)c1ccc(NC(=O)[C@@H](C)N(C)Cc2ccccc2)cc1. The van der Waals surface area contributed by atoms with Crippen molar-refractivity contribution in [2.45, 2.75) is 19.5 Å². The van der Waals surface area contributed by atoms with Crippen LogP contribution < -0.4 is 15.4 Å². The lowest BCUT2D eigenvalue weighted by Crippen LogP contribution is -2.39. The van der Waals surface area contributed by atoms with Gasteiger partial charge in [0.1, 0.15) is 5.75 Å². The van der Waals surface area contributed by atoms with Crippen LogP contribution in [0.1, 0.15) is 22.8 Å². The van der Waals surface area contributed by atoms with Crippen molar-refractivity contribution in [3.8, 4) is 5.75 Å². The first-order valence-electron chi connectivity index (χ1n) is 10.1. The first kappa shape index (κ1) is 22.1. The normalized spacial score (nSPS) is 11.6. The van der Waals surface area contributed by atoms with Crippen LogP contribution in [0.2, 0.25) is 0 Å². The molecule has 2 amide bonds. The van der Waals surface area contributed by atoms with Crippen molar-refractivity contribution in [2.24, 2.45) is 0 Å². The predicted octanol–water partition coefficient (Wildman–Crippen LogP) is 4.41. The van der Waals surface area contributed by atoms with E-state index in [-0.39, 0.29) is 17.9 Å². The first-order valence-corrected chi connectivity index (χ1v) is 10.1. The summed E-state index contributed by atoms with van der Waals surface area (Å²) in [5.41, 5.74) is 2.87. The van der Waals surface area contributed by atoms with Gasteiger partial charge in [0.25, 0.3) is 5.91 Å². The lowest BCUT2D eigenvalue weighted by molar-refractivity contribution is -0.120. The molecule has 6 nitrogen and oxygen atoms in total. The summed E-state index contributed by atoms with van der Waals surface area (Å²) in [6, 6.07) is 23.7. The molecule has 0 saturated heterocycles. The van der Waals surface area contributed by atoms with E-state index in [0.717, 1.165) is 5.56 Å². The molecule has 6 heteroatoms. The molecule has 0 aromatic heterocycles. The molecule has 31 heavy (non-hydrogen) atoms. The number of amides is 2. The van der Waals surface area contributed by atoms with Gasteiger partial charge in [-0.05, 0) is 55.9 Å². The van der Waals surface area contributed by atoms with Gasteiger partial charge in [-0.1, -0.05) is 42.5 Å². The number of rotatable bonds is 8. The molecule has 0 aliphatic carbocycles. The van der Waals surface area contributed by atoms with Crippen LogP contribution in [0, 0.1) is 0 Å². The highest BCUT2D eigenvalue weighted by molar-refractivity contribution is 6.05. The Labute approximate surface area is 182 Å². The topological polar surface area (TPSA) is 70.7 Å². The van der Waals surface area contributed by atoms with E-state index in [9.17, 15) is 9.59 Å². The molecule has 3 rings (SSSR count). The summed E-state index contributed by atoms with van der Waals surface area (Å²) in [6.07, 6.45) is 0. The Morgan fingerprint density at radius 1 is 0.903 bits per heavy atom. The average molecular weight is 418 g/mol. The number of likely N-dealkylation sites (N-methyl/N-ethyl adjacent to an activating group) is 1. The van der Waals surface area contributed by atoms with E-state index in [1.165, 1.54) is 0 Å². The number of ether oxygens (including phenoxy) is 1. The van der Waals surface area contributed by atoms with Crippen LogP contribution in [0.15, 0.2) is 78.9 Å². The van der Waals surface area contributed by atoms with Gasteiger partial charge in [-0.25, -0.2) is 0 Å².